The number of ether oxygens (including phenoxy) is 2. The summed E-state index contributed by atoms with van der Waals surface area (Å²) in [4.78, 5) is 16.3. The number of benzene rings is 1. The Balaban J connectivity index is 2.17. The predicted octanol–water partition coefficient (Wildman–Crippen LogP) is 3.62. The monoisotopic (exact) mass is 368 g/mol. The summed E-state index contributed by atoms with van der Waals surface area (Å²) < 4.78 is 49.1. The maximum absolute atomic E-state index is 12.9. The second-order valence-electron chi connectivity index (χ2n) is 5.58. The van der Waals surface area contributed by atoms with Crippen LogP contribution in [0.15, 0.2) is 36.5 Å². The van der Waals surface area contributed by atoms with Crippen molar-refractivity contribution in [2.24, 2.45) is 0 Å². The van der Waals surface area contributed by atoms with Gasteiger partial charge < -0.3 is 14.8 Å². The standard InChI is InChI=1S/C18H19F3N2O3/c1-12-3-4-13(11-22-12)9-17(24)23-15-10-14(18(19,20)21)5-6-16(15)26-8-7-25-2/h3-6,10-11H,7-9H2,1-2H3,(H,23,24). The van der Waals surface area contributed by atoms with Crippen LogP contribution in [-0.2, 0) is 22.1 Å². The Labute approximate surface area is 149 Å². The van der Waals surface area contributed by atoms with Crippen molar-refractivity contribution >= 4 is 11.6 Å². The first kappa shape index (κ1) is 19.7. The van der Waals surface area contributed by atoms with Crippen LogP contribution in [0, 0.1) is 6.92 Å². The van der Waals surface area contributed by atoms with Gasteiger partial charge in [0.05, 0.1) is 24.3 Å². The van der Waals surface area contributed by atoms with Gasteiger partial charge in [0, 0.05) is 19.0 Å². The molecule has 1 aromatic heterocycles. The third-order valence-electron chi connectivity index (χ3n) is 3.46. The molecule has 0 atom stereocenters. The van der Waals surface area contributed by atoms with Crippen LogP contribution in [0.5, 0.6) is 5.75 Å². The number of rotatable bonds is 7. The Morgan fingerprint density at radius 3 is 2.58 bits per heavy atom. The molecule has 0 saturated carbocycles. The molecule has 0 saturated heterocycles. The van der Waals surface area contributed by atoms with Gasteiger partial charge in [-0.15, -0.1) is 0 Å². The van der Waals surface area contributed by atoms with Crippen molar-refractivity contribution in [3.63, 3.8) is 0 Å². The summed E-state index contributed by atoms with van der Waals surface area (Å²) in [6.45, 7) is 2.23. The number of carbonyl (C=O) groups excluding carboxylic acids is 1. The zero-order valence-corrected chi connectivity index (χ0v) is 14.4. The predicted molar refractivity (Wildman–Crippen MR) is 90.1 cm³/mol. The van der Waals surface area contributed by atoms with Crippen LogP contribution in [0.25, 0.3) is 0 Å². The van der Waals surface area contributed by atoms with Crippen molar-refractivity contribution in [2.45, 2.75) is 19.5 Å². The van der Waals surface area contributed by atoms with Gasteiger partial charge in [0.25, 0.3) is 0 Å². The number of halogens is 3. The van der Waals surface area contributed by atoms with Gasteiger partial charge in [-0.1, -0.05) is 6.07 Å². The first-order chi connectivity index (χ1) is 12.3. The smallest absolute Gasteiger partial charge is 0.416 e. The van der Waals surface area contributed by atoms with Gasteiger partial charge in [-0.2, -0.15) is 13.2 Å². The van der Waals surface area contributed by atoms with Crippen molar-refractivity contribution in [2.75, 3.05) is 25.6 Å². The quantitative estimate of drug-likeness (QED) is 0.759. The number of hydrogen-bond acceptors (Lipinski definition) is 4. The van der Waals surface area contributed by atoms with E-state index in [4.69, 9.17) is 9.47 Å². The van der Waals surface area contributed by atoms with Gasteiger partial charge in [-0.05, 0) is 36.8 Å². The molecule has 0 aliphatic carbocycles. The number of methoxy groups -OCH3 is 1. The highest BCUT2D eigenvalue weighted by molar-refractivity contribution is 5.93. The number of anilines is 1. The van der Waals surface area contributed by atoms with Crippen LogP contribution in [0.2, 0.25) is 0 Å². The van der Waals surface area contributed by atoms with Crippen molar-refractivity contribution in [3.05, 3.63) is 53.3 Å². The lowest BCUT2D eigenvalue weighted by Gasteiger charge is -2.15. The van der Waals surface area contributed by atoms with E-state index in [9.17, 15) is 18.0 Å². The summed E-state index contributed by atoms with van der Waals surface area (Å²) in [6.07, 6.45) is -2.98. The number of nitrogens with zero attached hydrogens (tertiary/aromatic N) is 1. The lowest BCUT2D eigenvalue weighted by atomic mass is 10.1. The highest BCUT2D eigenvalue weighted by atomic mass is 19.4. The molecule has 26 heavy (non-hydrogen) atoms. The van der Waals surface area contributed by atoms with Crippen molar-refractivity contribution in [3.8, 4) is 5.75 Å². The van der Waals surface area contributed by atoms with Gasteiger partial charge >= 0.3 is 6.18 Å². The van der Waals surface area contributed by atoms with Crippen molar-refractivity contribution in [1.29, 1.82) is 0 Å². The Bertz CT molecular complexity index is 746. The summed E-state index contributed by atoms with van der Waals surface area (Å²) in [6, 6.07) is 6.44. The fourth-order valence-corrected chi connectivity index (χ4v) is 2.15. The molecule has 0 spiro atoms. The molecule has 1 aromatic carbocycles. The first-order valence-corrected chi connectivity index (χ1v) is 7.84. The zero-order chi connectivity index (χ0) is 19.2. The average Bonchev–Trinajstić information content (AvgIpc) is 2.57. The minimum absolute atomic E-state index is 0.0129. The van der Waals surface area contributed by atoms with Crippen LogP contribution in [0.3, 0.4) is 0 Å². The number of nitrogens with one attached hydrogen (secondary N) is 1. The first-order valence-electron chi connectivity index (χ1n) is 7.84. The van der Waals surface area contributed by atoms with E-state index in [0.29, 0.717) is 5.56 Å². The van der Waals surface area contributed by atoms with E-state index in [1.165, 1.54) is 13.2 Å². The zero-order valence-electron chi connectivity index (χ0n) is 14.4. The van der Waals surface area contributed by atoms with E-state index in [2.05, 4.69) is 10.3 Å². The number of pyridine rings is 1. The second kappa shape index (κ2) is 8.66. The molecule has 0 bridgehead atoms. The maximum Gasteiger partial charge on any atom is 0.416 e. The minimum atomic E-state index is -4.52. The molecule has 0 radical (unpaired) electrons. The average molecular weight is 368 g/mol. The van der Waals surface area contributed by atoms with Crippen LogP contribution < -0.4 is 10.1 Å². The summed E-state index contributed by atoms with van der Waals surface area (Å²) in [5.41, 5.74) is 0.549. The molecule has 0 unspecified atom stereocenters. The largest absolute Gasteiger partial charge is 0.489 e. The van der Waals surface area contributed by atoms with Crippen LogP contribution in [0.1, 0.15) is 16.8 Å². The highest BCUT2D eigenvalue weighted by Crippen LogP contribution is 2.35. The highest BCUT2D eigenvalue weighted by Gasteiger charge is 2.31. The van der Waals surface area contributed by atoms with Gasteiger partial charge in [0.15, 0.2) is 0 Å². The topological polar surface area (TPSA) is 60.5 Å². The van der Waals surface area contributed by atoms with E-state index in [-0.39, 0.29) is 31.1 Å². The molecule has 140 valence electrons. The fourth-order valence-electron chi connectivity index (χ4n) is 2.15. The Hall–Kier alpha value is -2.61. The normalized spacial score (nSPS) is 11.3. The summed E-state index contributed by atoms with van der Waals surface area (Å²) in [5.74, 6) is -0.322. The van der Waals surface area contributed by atoms with Crippen LogP contribution in [-0.4, -0.2) is 31.2 Å². The van der Waals surface area contributed by atoms with E-state index in [1.807, 2.05) is 6.92 Å². The number of alkyl halides is 3. The summed E-state index contributed by atoms with van der Waals surface area (Å²) >= 11 is 0. The number of amides is 1. The molecule has 8 heteroatoms. The van der Waals surface area contributed by atoms with Gasteiger partial charge in [0.2, 0.25) is 5.91 Å². The van der Waals surface area contributed by atoms with Gasteiger partial charge in [0.1, 0.15) is 12.4 Å². The molecule has 0 aliphatic heterocycles. The molecular formula is C18H19F3N2O3. The number of aromatic nitrogens is 1. The molecule has 1 amide bonds. The van der Waals surface area contributed by atoms with Crippen LogP contribution >= 0.6 is 0 Å². The van der Waals surface area contributed by atoms with E-state index >= 15 is 0 Å². The third-order valence-corrected chi connectivity index (χ3v) is 3.46. The molecule has 1 heterocycles. The lowest BCUT2D eigenvalue weighted by Crippen LogP contribution is -2.17. The van der Waals surface area contributed by atoms with Gasteiger partial charge in [-0.3, -0.25) is 9.78 Å². The molecule has 2 aromatic rings. The Morgan fingerprint density at radius 2 is 1.96 bits per heavy atom. The minimum Gasteiger partial charge on any atom is -0.489 e. The van der Waals surface area contributed by atoms with Gasteiger partial charge in [-0.25, -0.2) is 0 Å². The molecular weight excluding hydrogens is 349 g/mol. The fraction of sp³-hybridized carbons (Fsp3) is 0.333. The van der Waals surface area contributed by atoms with E-state index in [1.54, 1.807) is 18.3 Å². The van der Waals surface area contributed by atoms with Crippen molar-refractivity contribution < 1.29 is 27.4 Å². The molecule has 0 aliphatic rings. The Kier molecular flexibility index (Phi) is 6.57. The maximum atomic E-state index is 12.9. The summed E-state index contributed by atoms with van der Waals surface area (Å²) in [5, 5.41) is 2.48. The van der Waals surface area contributed by atoms with Crippen LogP contribution in [0.4, 0.5) is 18.9 Å². The third kappa shape index (κ3) is 5.73. The molecule has 0 fully saturated rings. The second-order valence-corrected chi connectivity index (χ2v) is 5.58. The molecule has 5 nitrogen and oxygen atoms in total. The lowest BCUT2D eigenvalue weighted by molar-refractivity contribution is -0.137. The molecule has 2 rings (SSSR count). The SMILES string of the molecule is COCCOc1ccc(C(F)(F)F)cc1NC(=O)Cc1ccc(C)nc1. The molecule has 1 N–H and O–H groups in total. The van der Waals surface area contributed by atoms with E-state index < -0.39 is 17.6 Å². The number of hydrogen-bond donors (Lipinski definition) is 1. The van der Waals surface area contributed by atoms with E-state index in [0.717, 1.165) is 17.8 Å². The number of carbonyl (C=O) groups is 1. The summed E-state index contributed by atoms with van der Waals surface area (Å²) in [7, 11) is 1.48. The van der Waals surface area contributed by atoms with Crippen molar-refractivity contribution in [1.82, 2.24) is 4.98 Å². The number of aryl methyl sites for hydroxylation is 1. The Morgan fingerprint density at radius 1 is 1.19 bits per heavy atom.